The molecule has 0 fully saturated rings. The van der Waals surface area contributed by atoms with Gasteiger partial charge in [0.15, 0.2) is 4.77 Å². The van der Waals surface area contributed by atoms with Gasteiger partial charge in [-0.3, -0.25) is 0 Å². The van der Waals surface area contributed by atoms with Gasteiger partial charge in [-0.05, 0) is 34.2 Å². The molecule has 0 saturated carbocycles. The summed E-state index contributed by atoms with van der Waals surface area (Å²) < 4.78 is 16.0. The second-order valence-corrected chi connectivity index (χ2v) is 4.90. The van der Waals surface area contributed by atoms with E-state index in [1.165, 1.54) is 6.07 Å². The number of urea groups is 1. The fourth-order valence-electron chi connectivity index (χ4n) is 1.66. The Bertz CT molecular complexity index is 666. The van der Waals surface area contributed by atoms with Crippen LogP contribution in [0.2, 0.25) is 0 Å². The Hall–Kier alpha value is -1.41. The highest BCUT2D eigenvalue weighted by molar-refractivity contribution is 9.10. The molecule has 0 aliphatic carbocycles. The van der Waals surface area contributed by atoms with E-state index in [9.17, 15) is 9.18 Å². The van der Waals surface area contributed by atoms with Crippen molar-refractivity contribution < 1.29 is 9.18 Å². The summed E-state index contributed by atoms with van der Waals surface area (Å²) in [6.07, 6.45) is 0. The average Bonchev–Trinajstić information content (AvgIpc) is 2.56. The van der Waals surface area contributed by atoms with Gasteiger partial charge in [-0.25, -0.2) is 9.18 Å². The molecule has 1 aromatic carbocycles. The van der Waals surface area contributed by atoms with E-state index in [2.05, 4.69) is 26.2 Å². The number of aromatic amines is 1. The van der Waals surface area contributed by atoms with Gasteiger partial charge in [0.25, 0.3) is 0 Å². The van der Waals surface area contributed by atoms with Crippen molar-refractivity contribution in [2.24, 2.45) is 5.73 Å². The number of carbonyl (C=O) groups excluding carboxylic acids is 1. The lowest BCUT2D eigenvalue weighted by Gasteiger charge is -2.05. The highest BCUT2D eigenvalue weighted by Gasteiger charge is 2.08. The number of rotatable bonds is 3. The first kappa shape index (κ1) is 13.0. The zero-order chi connectivity index (χ0) is 13.3. The summed E-state index contributed by atoms with van der Waals surface area (Å²) in [6, 6.07) is 2.42. The quantitative estimate of drug-likeness (QED) is 0.754. The van der Waals surface area contributed by atoms with Crippen molar-refractivity contribution in [2.75, 3.05) is 6.54 Å². The third-order valence-electron chi connectivity index (χ3n) is 2.45. The summed E-state index contributed by atoms with van der Waals surface area (Å²) in [6.45, 7) is 0.811. The predicted molar refractivity (Wildman–Crippen MR) is 72.4 cm³/mol. The first-order chi connectivity index (χ1) is 8.49. The normalized spacial score (nSPS) is 10.8. The monoisotopic (exact) mass is 332 g/mol. The highest BCUT2D eigenvalue weighted by atomic mass is 79.9. The van der Waals surface area contributed by atoms with Gasteiger partial charge in [0, 0.05) is 19.2 Å². The minimum absolute atomic E-state index is 0.353. The maximum absolute atomic E-state index is 13.4. The third-order valence-corrected chi connectivity index (χ3v) is 3.38. The summed E-state index contributed by atoms with van der Waals surface area (Å²) in [5, 5.41) is 2.47. The molecule has 18 heavy (non-hydrogen) atoms. The lowest BCUT2D eigenvalue weighted by molar-refractivity contribution is 0.248. The average molecular weight is 333 g/mol. The van der Waals surface area contributed by atoms with Gasteiger partial charge in [0.05, 0.1) is 15.5 Å². The molecular weight excluding hydrogens is 323 g/mol. The molecule has 2 amide bonds. The van der Waals surface area contributed by atoms with Crippen LogP contribution in [0, 0.1) is 10.6 Å². The molecule has 0 saturated heterocycles. The van der Waals surface area contributed by atoms with Crippen LogP contribution in [-0.2, 0) is 6.54 Å². The van der Waals surface area contributed by atoms with E-state index in [0.717, 1.165) is 5.52 Å². The Morgan fingerprint density at radius 1 is 1.61 bits per heavy atom. The largest absolute Gasteiger partial charge is 0.352 e. The zero-order valence-electron chi connectivity index (χ0n) is 9.17. The molecule has 1 heterocycles. The molecule has 0 unspecified atom stereocenters. The number of aromatic nitrogens is 2. The van der Waals surface area contributed by atoms with Gasteiger partial charge < -0.3 is 20.6 Å². The third kappa shape index (κ3) is 2.54. The minimum Gasteiger partial charge on any atom is -0.352 e. The number of fused-ring (bicyclic) bond motifs is 1. The number of hydrogen-bond acceptors (Lipinski definition) is 2. The Kier molecular flexibility index (Phi) is 3.67. The SMILES string of the molecule is NC(=O)NCCn1c(=S)[nH]c2cc(F)c(Br)cc21. The second kappa shape index (κ2) is 5.07. The number of nitrogens with two attached hydrogens (primary N) is 1. The summed E-state index contributed by atoms with van der Waals surface area (Å²) in [5.41, 5.74) is 6.35. The lowest BCUT2D eigenvalue weighted by Crippen LogP contribution is -2.32. The lowest BCUT2D eigenvalue weighted by atomic mass is 10.3. The maximum atomic E-state index is 13.4. The number of H-pyrrole nitrogens is 1. The van der Waals surface area contributed by atoms with Crippen LogP contribution in [0.4, 0.5) is 9.18 Å². The van der Waals surface area contributed by atoms with Gasteiger partial charge >= 0.3 is 6.03 Å². The van der Waals surface area contributed by atoms with E-state index < -0.39 is 6.03 Å². The van der Waals surface area contributed by atoms with Crippen LogP contribution < -0.4 is 11.1 Å². The van der Waals surface area contributed by atoms with Crippen molar-refractivity contribution in [2.45, 2.75) is 6.54 Å². The predicted octanol–water partition coefficient (Wildman–Crippen LogP) is 2.27. The topological polar surface area (TPSA) is 75.8 Å². The zero-order valence-corrected chi connectivity index (χ0v) is 11.6. The van der Waals surface area contributed by atoms with Crippen molar-refractivity contribution in [1.29, 1.82) is 0 Å². The molecule has 0 bridgehead atoms. The number of nitrogens with zero attached hydrogens (tertiary/aromatic N) is 1. The molecule has 4 N–H and O–H groups in total. The van der Waals surface area contributed by atoms with Crippen LogP contribution in [0.25, 0.3) is 11.0 Å². The van der Waals surface area contributed by atoms with Crippen LogP contribution in [0.5, 0.6) is 0 Å². The molecule has 1 aromatic heterocycles. The molecule has 5 nitrogen and oxygen atoms in total. The molecule has 2 rings (SSSR count). The summed E-state index contributed by atoms with van der Waals surface area (Å²) in [7, 11) is 0. The van der Waals surface area contributed by atoms with Crippen molar-refractivity contribution in [1.82, 2.24) is 14.9 Å². The molecule has 0 spiro atoms. The fraction of sp³-hybridized carbons (Fsp3) is 0.200. The second-order valence-electron chi connectivity index (χ2n) is 3.66. The van der Waals surface area contributed by atoms with Crippen molar-refractivity contribution in [3.63, 3.8) is 0 Å². The summed E-state index contributed by atoms with van der Waals surface area (Å²) >= 11 is 8.27. The van der Waals surface area contributed by atoms with E-state index in [1.807, 2.05) is 0 Å². The van der Waals surface area contributed by atoms with Gasteiger partial charge in [-0.2, -0.15) is 0 Å². The molecule has 8 heteroatoms. The number of nitrogens with one attached hydrogen (secondary N) is 2. The Balaban J connectivity index is 2.37. The van der Waals surface area contributed by atoms with E-state index in [-0.39, 0.29) is 5.82 Å². The smallest absolute Gasteiger partial charge is 0.312 e. The van der Waals surface area contributed by atoms with Gasteiger partial charge in [0.1, 0.15) is 5.82 Å². The highest BCUT2D eigenvalue weighted by Crippen LogP contribution is 2.23. The molecule has 2 aromatic rings. The summed E-state index contributed by atoms with van der Waals surface area (Å²) in [4.78, 5) is 13.5. The molecule has 0 aliphatic rings. The Morgan fingerprint density at radius 2 is 2.33 bits per heavy atom. The van der Waals surface area contributed by atoms with Crippen LogP contribution in [0.3, 0.4) is 0 Å². The van der Waals surface area contributed by atoms with Crippen molar-refractivity contribution >= 4 is 45.2 Å². The van der Waals surface area contributed by atoms with Crippen molar-refractivity contribution in [3.05, 3.63) is 27.2 Å². The van der Waals surface area contributed by atoms with E-state index in [4.69, 9.17) is 18.0 Å². The fourth-order valence-corrected chi connectivity index (χ4v) is 2.30. The molecule has 0 atom stereocenters. The van der Waals surface area contributed by atoms with Crippen LogP contribution >= 0.6 is 28.1 Å². The Morgan fingerprint density at radius 3 is 3.00 bits per heavy atom. The first-order valence-electron chi connectivity index (χ1n) is 5.10. The number of carbonyl (C=O) groups is 1. The van der Waals surface area contributed by atoms with E-state index >= 15 is 0 Å². The van der Waals surface area contributed by atoms with Crippen molar-refractivity contribution in [3.8, 4) is 0 Å². The number of primary amides is 1. The van der Waals surface area contributed by atoms with E-state index in [1.54, 1.807) is 10.6 Å². The van der Waals surface area contributed by atoms with Gasteiger partial charge in [-0.15, -0.1) is 0 Å². The summed E-state index contributed by atoms with van der Waals surface area (Å²) in [5.74, 6) is -0.360. The van der Waals surface area contributed by atoms with Crippen LogP contribution in [0.15, 0.2) is 16.6 Å². The standard InChI is InChI=1S/C10H10BrFN4OS/c11-5-3-8-7(4-6(5)12)15-10(18)16(8)2-1-14-9(13)17/h3-4H,1-2H2,(H,15,18)(H3,13,14,17). The number of imidazole rings is 1. The number of amides is 2. The molecular formula is C10H10BrFN4OS. The number of benzene rings is 1. The van der Waals surface area contributed by atoms with Crippen LogP contribution in [-0.4, -0.2) is 22.1 Å². The molecule has 0 radical (unpaired) electrons. The van der Waals surface area contributed by atoms with E-state index in [0.29, 0.717) is 27.8 Å². The maximum Gasteiger partial charge on any atom is 0.312 e. The van der Waals surface area contributed by atoms with Gasteiger partial charge in [0.2, 0.25) is 0 Å². The van der Waals surface area contributed by atoms with Gasteiger partial charge in [-0.1, -0.05) is 0 Å². The Labute approximate surface area is 115 Å². The van der Waals surface area contributed by atoms with Crippen LogP contribution in [0.1, 0.15) is 0 Å². The number of hydrogen-bond donors (Lipinski definition) is 3. The molecule has 96 valence electrons. The first-order valence-corrected chi connectivity index (χ1v) is 6.30. The number of halogens is 2. The minimum atomic E-state index is -0.589. The molecule has 0 aliphatic heterocycles.